The number of benzene rings is 3. The van der Waals surface area contributed by atoms with Gasteiger partial charge in [-0.05, 0) is 77.7 Å². The van der Waals surface area contributed by atoms with Crippen LogP contribution in [0.2, 0.25) is 0 Å². The van der Waals surface area contributed by atoms with Crippen LogP contribution in [-0.2, 0) is 4.74 Å². The summed E-state index contributed by atoms with van der Waals surface area (Å²) in [4.78, 5) is 0. The molecule has 0 radical (unpaired) electrons. The normalized spacial score (nSPS) is 13.8. The lowest BCUT2D eigenvalue weighted by Gasteiger charge is -2.18. The molecule has 7 heteroatoms. The summed E-state index contributed by atoms with van der Waals surface area (Å²) in [5, 5.41) is 12.9. The molecule has 1 unspecified atom stereocenters. The molecule has 0 aromatic heterocycles. The molecule has 1 heterocycles. The Balaban J connectivity index is 1.71. The van der Waals surface area contributed by atoms with Gasteiger partial charge in [-0.1, -0.05) is 37.3 Å². The Morgan fingerprint density at radius 2 is 1.50 bits per heavy atom. The number of fused-ring (bicyclic) bond motifs is 1. The molecule has 4 rings (SSSR count). The monoisotopic (exact) mass is 491 g/mol. The van der Waals surface area contributed by atoms with Crippen LogP contribution < -0.4 is 24.3 Å². The fraction of sp³-hybridized carbons (Fsp3) is 0.310. The van der Waals surface area contributed by atoms with Crippen molar-refractivity contribution in [3.63, 3.8) is 0 Å². The summed E-state index contributed by atoms with van der Waals surface area (Å²) < 4.78 is 27.5. The Morgan fingerprint density at radius 1 is 0.889 bits per heavy atom. The van der Waals surface area contributed by atoms with Crippen LogP contribution in [0.15, 0.2) is 66.7 Å². The standard InChI is InChI=1S/C29H33NO6/c1-4-26(22-9-14-27-28(15-22)36-19-35-27)29(21-7-12-25(13-8-21)34-18-32-3)20-5-10-24(11-6-20)33-17-23(31)16-30-2/h5-15,23,30-31H,4,16-19H2,1-3H3. The highest BCUT2D eigenvalue weighted by Gasteiger charge is 2.18. The van der Waals surface area contributed by atoms with E-state index in [1.165, 1.54) is 5.57 Å². The molecule has 3 aromatic carbocycles. The molecule has 1 atom stereocenters. The van der Waals surface area contributed by atoms with Crippen molar-refractivity contribution in [3.05, 3.63) is 83.4 Å². The summed E-state index contributed by atoms with van der Waals surface area (Å²) in [7, 11) is 3.40. The van der Waals surface area contributed by atoms with E-state index in [9.17, 15) is 5.11 Å². The van der Waals surface area contributed by atoms with Gasteiger partial charge in [0.15, 0.2) is 18.3 Å². The number of hydrogen-bond acceptors (Lipinski definition) is 7. The third-order valence-electron chi connectivity index (χ3n) is 5.89. The summed E-state index contributed by atoms with van der Waals surface area (Å²) in [5.41, 5.74) is 5.48. The molecular weight excluding hydrogens is 458 g/mol. The second-order valence-electron chi connectivity index (χ2n) is 8.40. The minimum absolute atomic E-state index is 0.198. The van der Waals surface area contributed by atoms with E-state index in [1.807, 2.05) is 48.5 Å². The van der Waals surface area contributed by atoms with Gasteiger partial charge in [-0.25, -0.2) is 0 Å². The zero-order chi connectivity index (χ0) is 25.3. The van der Waals surface area contributed by atoms with Gasteiger partial charge >= 0.3 is 0 Å². The van der Waals surface area contributed by atoms with Crippen LogP contribution in [0.4, 0.5) is 0 Å². The molecule has 0 spiro atoms. The van der Waals surface area contributed by atoms with Crippen molar-refractivity contribution >= 4 is 11.1 Å². The number of ether oxygens (including phenoxy) is 5. The van der Waals surface area contributed by atoms with Gasteiger partial charge < -0.3 is 34.1 Å². The third-order valence-corrected chi connectivity index (χ3v) is 5.89. The second kappa shape index (κ2) is 12.4. The predicted octanol–water partition coefficient (Wildman–Crippen LogP) is 4.73. The molecule has 36 heavy (non-hydrogen) atoms. The summed E-state index contributed by atoms with van der Waals surface area (Å²) in [6.45, 7) is 3.29. The SMILES string of the molecule is CCC(=C(c1ccc(OCOC)cc1)c1ccc(OCC(O)CNC)cc1)c1ccc2c(c1)OCO2. The van der Waals surface area contributed by atoms with Crippen LogP contribution in [0.1, 0.15) is 30.0 Å². The Labute approximate surface area is 212 Å². The van der Waals surface area contributed by atoms with Crippen molar-refractivity contribution in [2.75, 3.05) is 40.9 Å². The molecule has 1 aliphatic heterocycles. The number of rotatable bonds is 12. The maximum absolute atomic E-state index is 9.94. The van der Waals surface area contributed by atoms with Crippen LogP contribution in [0.3, 0.4) is 0 Å². The first-order valence-electron chi connectivity index (χ1n) is 12.0. The molecule has 0 saturated carbocycles. The first-order valence-corrected chi connectivity index (χ1v) is 12.0. The summed E-state index contributed by atoms with van der Waals surface area (Å²) in [6, 6.07) is 22.0. The fourth-order valence-corrected chi connectivity index (χ4v) is 4.17. The van der Waals surface area contributed by atoms with Crippen LogP contribution in [0, 0.1) is 0 Å². The lowest BCUT2D eigenvalue weighted by molar-refractivity contribution is 0.0511. The van der Waals surface area contributed by atoms with E-state index >= 15 is 0 Å². The number of allylic oxidation sites excluding steroid dienone is 1. The average Bonchev–Trinajstić information content (AvgIpc) is 3.38. The number of hydrogen-bond donors (Lipinski definition) is 2. The molecule has 7 nitrogen and oxygen atoms in total. The van der Waals surface area contributed by atoms with Crippen LogP contribution in [0.5, 0.6) is 23.0 Å². The molecule has 0 aliphatic carbocycles. The minimum Gasteiger partial charge on any atom is -0.491 e. The van der Waals surface area contributed by atoms with E-state index in [2.05, 4.69) is 30.4 Å². The van der Waals surface area contributed by atoms with Crippen molar-refractivity contribution in [3.8, 4) is 23.0 Å². The lowest BCUT2D eigenvalue weighted by Crippen LogP contribution is -2.29. The average molecular weight is 492 g/mol. The molecule has 190 valence electrons. The van der Waals surface area contributed by atoms with Crippen molar-refractivity contribution in [2.24, 2.45) is 0 Å². The zero-order valence-electron chi connectivity index (χ0n) is 21.0. The molecule has 0 bridgehead atoms. The first kappa shape index (κ1) is 25.6. The van der Waals surface area contributed by atoms with Gasteiger partial charge in [-0.3, -0.25) is 0 Å². The predicted molar refractivity (Wildman–Crippen MR) is 140 cm³/mol. The Kier molecular flexibility index (Phi) is 8.84. The van der Waals surface area contributed by atoms with Crippen molar-refractivity contribution in [1.29, 1.82) is 0 Å². The Bertz CT molecular complexity index is 1160. The minimum atomic E-state index is -0.568. The van der Waals surface area contributed by atoms with Gasteiger partial charge in [0.2, 0.25) is 6.79 Å². The number of aliphatic hydroxyl groups is 1. The molecule has 0 saturated heterocycles. The summed E-state index contributed by atoms with van der Waals surface area (Å²) >= 11 is 0. The highest BCUT2D eigenvalue weighted by molar-refractivity contribution is 5.99. The number of methoxy groups -OCH3 is 1. The van der Waals surface area contributed by atoms with Gasteiger partial charge in [0.25, 0.3) is 0 Å². The highest BCUT2D eigenvalue weighted by atomic mass is 16.7. The van der Waals surface area contributed by atoms with Crippen LogP contribution >= 0.6 is 0 Å². The zero-order valence-corrected chi connectivity index (χ0v) is 21.0. The number of aliphatic hydroxyl groups excluding tert-OH is 1. The number of likely N-dealkylation sites (N-methyl/N-ethyl adjacent to an activating group) is 1. The molecule has 1 aliphatic rings. The van der Waals surface area contributed by atoms with Crippen molar-refractivity contribution in [2.45, 2.75) is 19.4 Å². The summed E-state index contributed by atoms with van der Waals surface area (Å²) in [6.07, 6.45) is 0.243. The van der Waals surface area contributed by atoms with E-state index in [-0.39, 0.29) is 20.2 Å². The van der Waals surface area contributed by atoms with Gasteiger partial charge in [0, 0.05) is 13.7 Å². The largest absolute Gasteiger partial charge is 0.491 e. The first-order chi connectivity index (χ1) is 17.6. The van der Waals surface area contributed by atoms with Gasteiger partial charge in [0.1, 0.15) is 24.2 Å². The Morgan fingerprint density at radius 3 is 2.11 bits per heavy atom. The van der Waals surface area contributed by atoms with Crippen molar-refractivity contribution in [1.82, 2.24) is 5.32 Å². The second-order valence-corrected chi connectivity index (χ2v) is 8.40. The maximum atomic E-state index is 9.94. The van der Waals surface area contributed by atoms with E-state index in [1.54, 1.807) is 14.2 Å². The molecule has 0 fully saturated rings. The Hall–Kier alpha value is -3.52. The molecule has 3 aromatic rings. The van der Waals surface area contributed by atoms with E-state index in [0.717, 1.165) is 45.9 Å². The number of nitrogens with one attached hydrogen (secondary N) is 1. The lowest BCUT2D eigenvalue weighted by atomic mass is 9.88. The van der Waals surface area contributed by atoms with E-state index in [0.29, 0.717) is 12.3 Å². The smallest absolute Gasteiger partial charge is 0.231 e. The highest BCUT2D eigenvalue weighted by Crippen LogP contribution is 2.40. The van der Waals surface area contributed by atoms with E-state index in [4.69, 9.17) is 23.7 Å². The molecule has 2 N–H and O–H groups in total. The van der Waals surface area contributed by atoms with Crippen LogP contribution in [-0.4, -0.2) is 52.1 Å². The summed E-state index contributed by atoms with van der Waals surface area (Å²) in [5.74, 6) is 2.96. The topological polar surface area (TPSA) is 78.4 Å². The van der Waals surface area contributed by atoms with Gasteiger partial charge in [-0.15, -0.1) is 0 Å². The van der Waals surface area contributed by atoms with Crippen molar-refractivity contribution < 1.29 is 28.8 Å². The molecule has 0 amide bonds. The van der Waals surface area contributed by atoms with Crippen LogP contribution in [0.25, 0.3) is 11.1 Å². The van der Waals surface area contributed by atoms with Gasteiger partial charge in [-0.2, -0.15) is 0 Å². The molecular formula is C29H33NO6. The third kappa shape index (κ3) is 6.18. The van der Waals surface area contributed by atoms with E-state index < -0.39 is 6.10 Å². The fourth-order valence-electron chi connectivity index (χ4n) is 4.17. The van der Waals surface area contributed by atoms with Gasteiger partial charge in [0.05, 0.1) is 0 Å². The quantitative estimate of drug-likeness (QED) is 0.280. The maximum Gasteiger partial charge on any atom is 0.231 e.